The first-order valence-corrected chi connectivity index (χ1v) is 7.52. The molecule has 0 bridgehead atoms. The van der Waals surface area contributed by atoms with E-state index in [-0.39, 0.29) is 11.9 Å². The highest BCUT2D eigenvalue weighted by atomic mass is 16.5. The van der Waals surface area contributed by atoms with Gasteiger partial charge in [-0.2, -0.15) is 4.98 Å². The zero-order valence-corrected chi connectivity index (χ0v) is 12.7. The van der Waals surface area contributed by atoms with E-state index in [4.69, 9.17) is 4.52 Å². The second-order valence-corrected chi connectivity index (χ2v) is 5.66. The van der Waals surface area contributed by atoms with E-state index in [0.29, 0.717) is 12.4 Å². The molecule has 0 spiro atoms. The average Bonchev–Trinajstić information content (AvgIpc) is 3.19. The van der Waals surface area contributed by atoms with Crippen molar-refractivity contribution in [3.05, 3.63) is 48.1 Å². The maximum absolute atomic E-state index is 12.7. The van der Waals surface area contributed by atoms with Crippen molar-refractivity contribution in [1.82, 2.24) is 19.9 Å². The SMILES string of the molecule is CN(Cc1ncon1)C(=O)[C@@H]1CCCN1Cc1ccccc1. The molecule has 0 aliphatic carbocycles. The number of likely N-dealkylation sites (N-methyl/N-ethyl adjacent to an activating group) is 1. The van der Waals surface area contributed by atoms with Crippen molar-refractivity contribution in [2.75, 3.05) is 13.6 Å². The third kappa shape index (κ3) is 3.33. The topological polar surface area (TPSA) is 62.5 Å². The molecule has 116 valence electrons. The van der Waals surface area contributed by atoms with E-state index in [2.05, 4.69) is 27.2 Å². The largest absolute Gasteiger partial charge is 0.343 e. The molecule has 1 aliphatic heterocycles. The monoisotopic (exact) mass is 300 g/mol. The van der Waals surface area contributed by atoms with E-state index >= 15 is 0 Å². The molecule has 0 radical (unpaired) electrons. The number of hydrogen-bond donors (Lipinski definition) is 0. The van der Waals surface area contributed by atoms with Crippen LogP contribution in [0, 0.1) is 0 Å². The van der Waals surface area contributed by atoms with Gasteiger partial charge in [0.1, 0.15) is 0 Å². The minimum absolute atomic E-state index is 0.0582. The minimum Gasteiger partial charge on any atom is -0.343 e. The summed E-state index contributed by atoms with van der Waals surface area (Å²) in [7, 11) is 1.79. The number of carbonyl (C=O) groups excluding carboxylic acids is 1. The van der Waals surface area contributed by atoms with E-state index in [0.717, 1.165) is 25.9 Å². The molecule has 1 saturated heterocycles. The Kier molecular flexibility index (Phi) is 4.48. The Balaban J connectivity index is 1.63. The van der Waals surface area contributed by atoms with E-state index in [1.54, 1.807) is 11.9 Å². The smallest absolute Gasteiger partial charge is 0.240 e. The molecule has 3 rings (SSSR count). The summed E-state index contributed by atoms with van der Waals surface area (Å²) in [6, 6.07) is 10.2. The van der Waals surface area contributed by atoms with Crippen LogP contribution >= 0.6 is 0 Å². The normalized spacial score (nSPS) is 18.5. The van der Waals surface area contributed by atoms with Crippen LogP contribution in [0.3, 0.4) is 0 Å². The van der Waals surface area contributed by atoms with Crippen molar-refractivity contribution in [1.29, 1.82) is 0 Å². The summed E-state index contributed by atoms with van der Waals surface area (Å²) in [6.07, 6.45) is 3.24. The molecular formula is C16H20N4O2. The van der Waals surface area contributed by atoms with E-state index < -0.39 is 0 Å². The minimum atomic E-state index is -0.0582. The molecule has 0 unspecified atom stereocenters. The summed E-state index contributed by atoms with van der Waals surface area (Å²) >= 11 is 0. The predicted octanol–water partition coefficient (Wildman–Crippen LogP) is 1.69. The Labute approximate surface area is 129 Å². The average molecular weight is 300 g/mol. The van der Waals surface area contributed by atoms with Crippen LogP contribution in [-0.2, 0) is 17.9 Å². The molecule has 1 atom stereocenters. The number of carbonyl (C=O) groups is 1. The fourth-order valence-electron chi connectivity index (χ4n) is 2.92. The van der Waals surface area contributed by atoms with Crippen LogP contribution < -0.4 is 0 Å². The Morgan fingerprint density at radius 2 is 2.23 bits per heavy atom. The first kappa shape index (κ1) is 14.7. The molecule has 1 amide bonds. The predicted molar refractivity (Wildman–Crippen MR) is 80.6 cm³/mol. The highest BCUT2D eigenvalue weighted by Gasteiger charge is 2.32. The van der Waals surface area contributed by atoms with Crippen LogP contribution in [0.5, 0.6) is 0 Å². The summed E-state index contributed by atoms with van der Waals surface area (Å²) in [5.41, 5.74) is 1.24. The van der Waals surface area contributed by atoms with Crippen LogP contribution in [0.4, 0.5) is 0 Å². The van der Waals surface area contributed by atoms with Crippen LogP contribution in [0.1, 0.15) is 24.2 Å². The summed E-state index contributed by atoms with van der Waals surface area (Å²) < 4.78 is 4.71. The van der Waals surface area contributed by atoms with Gasteiger partial charge in [0.2, 0.25) is 12.3 Å². The number of hydrogen-bond acceptors (Lipinski definition) is 5. The zero-order valence-electron chi connectivity index (χ0n) is 12.7. The van der Waals surface area contributed by atoms with Gasteiger partial charge in [-0.15, -0.1) is 0 Å². The van der Waals surface area contributed by atoms with Gasteiger partial charge in [0.15, 0.2) is 5.82 Å². The van der Waals surface area contributed by atoms with Gasteiger partial charge in [-0.3, -0.25) is 9.69 Å². The summed E-state index contributed by atoms with van der Waals surface area (Å²) in [5.74, 6) is 0.654. The van der Waals surface area contributed by atoms with Crippen LogP contribution in [0.2, 0.25) is 0 Å². The number of rotatable bonds is 5. The lowest BCUT2D eigenvalue weighted by Gasteiger charge is -2.27. The Bertz CT molecular complexity index is 600. The third-order valence-corrected chi connectivity index (χ3v) is 4.04. The number of benzene rings is 1. The molecule has 0 saturated carbocycles. The molecule has 6 heteroatoms. The van der Waals surface area contributed by atoms with Crippen LogP contribution in [-0.4, -0.2) is 45.5 Å². The molecule has 2 aromatic rings. The van der Waals surface area contributed by atoms with Gasteiger partial charge in [0.05, 0.1) is 12.6 Å². The highest BCUT2D eigenvalue weighted by Crippen LogP contribution is 2.22. The molecule has 1 aromatic heterocycles. The second-order valence-electron chi connectivity index (χ2n) is 5.66. The number of amides is 1. The molecule has 22 heavy (non-hydrogen) atoms. The van der Waals surface area contributed by atoms with Crippen molar-refractivity contribution < 1.29 is 9.32 Å². The zero-order chi connectivity index (χ0) is 15.4. The second kappa shape index (κ2) is 6.70. The molecule has 1 aliphatic rings. The molecule has 6 nitrogen and oxygen atoms in total. The fourth-order valence-corrected chi connectivity index (χ4v) is 2.92. The van der Waals surface area contributed by atoms with Crippen LogP contribution in [0.25, 0.3) is 0 Å². The van der Waals surface area contributed by atoms with Gasteiger partial charge >= 0.3 is 0 Å². The molecule has 1 aromatic carbocycles. The van der Waals surface area contributed by atoms with E-state index in [1.807, 2.05) is 18.2 Å². The number of aromatic nitrogens is 2. The third-order valence-electron chi connectivity index (χ3n) is 4.04. The molecule has 2 heterocycles. The standard InChI is InChI=1S/C16H20N4O2/c1-19(11-15-17-12-22-18-15)16(21)14-8-5-9-20(14)10-13-6-3-2-4-7-13/h2-4,6-7,12,14H,5,8-11H2,1H3/t14-/m0/s1. The Morgan fingerprint density at radius 1 is 1.41 bits per heavy atom. The number of nitrogens with zero attached hydrogens (tertiary/aromatic N) is 4. The quantitative estimate of drug-likeness (QED) is 0.841. The number of likely N-dealkylation sites (tertiary alicyclic amines) is 1. The summed E-state index contributed by atoms with van der Waals surface area (Å²) in [6.45, 7) is 2.15. The molecular weight excluding hydrogens is 280 g/mol. The lowest BCUT2D eigenvalue weighted by Crippen LogP contribution is -2.43. The van der Waals surface area contributed by atoms with Crippen molar-refractivity contribution in [2.24, 2.45) is 0 Å². The van der Waals surface area contributed by atoms with Gasteiger partial charge in [-0.25, -0.2) is 0 Å². The van der Waals surface area contributed by atoms with Crippen molar-refractivity contribution >= 4 is 5.91 Å². The molecule has 1 fully saturated rings. The Morgan fingerprint density at radius 3 is 2.95 bits per heavy atom. The summed E-state index contributed by atoms with van der Waals surface area (Å²) in [5, 5.41) is 3.76. The van der Waals surface area contributed by atoms with Gasteiger partial charge in [-0.1, -0.05) is 35.5 Å². The van der Waals surface area contributed by atoms with Crippen LogP contribution in [0.15, 0.2) is 41.2 Å². The first-order chi connectivity index (χ1) is 10.7. The van der Waals surface area contributed by atoms with E-state index in [9.17, 15) is 4.79 Å². The van der Waals surface area contributed by atoms with Crippen molar-refractivity contribution in [2.45, 2.75) is 32.0 Å². The molecule has 0 N–H and O–H groups in total. The van der Waals surface area contributed by atoms with Crippen molar-refractivity contribution in [3.8, 4) is 0 Å². The van der Waals surface area contributed by atoms with Gasteiger partial charge < -0.3 is 9.42 Å². The maximum atomic E-state index is 12.7. The fraction of sp³-hybridized carbons (Fsp3) is 0.438. The lowest BCUT2D eigenvalue weighted by atomic mass is 10.1. The maximum Gasteiger partial charge on any atom is 0.240 e. The Hall–Kier alpha value is -2.21. The first-order valence-electron chi connectivity index (χ1n) is 7.52. The highest BCUT2D eigenvalue weighted by molar-refractivity contribution is 5.81. The van der Waals surface area contributed by atoms with Gasteiger partial charge in [0, 0.05) is 13.6 Å². The lowest BCUT2D eigenvalue weighted by molar-refractivity contribution is -0.135. The van der Waals surface area contributed by atoms with Gasteiger partial charge in [-0.05, 0) is 24.9 Å². The summed E-state index contributed by atoms with van der Waals surface area (Å²) in [4.78, 5) is 20.6. The van der Waals surface area contributed by atoms with Gasteiger partial charge in [0.25, 0.3) is 0 Å². The van der Waals surface area contributed by atoms with Crippen molar-refractivity contribution in [3.63, 3.8) is 0 Å². The van der Waals surface area contributed by atoms with E-state index in [1.165, 1.54) is 12.0 Å².